The third-order valence-corrected chi connectivity index (χ3v) is 6.94. The molecular formula is C22H28BrN. The van der Waals surface area contributed by atoms with Crippen molar-refractivity contribution in [3.05, 3.63) is 58.8 Å². The quantitative estimate of drug-likeness (QED) is 0.422. The molecule has 24 heavy (non-hydrogen) atoms. The highest BCUT2D eigenvalue weighted by molar-refractivity contribution is 9.09. The molecule has 2 heteroatoms. The number of rotatable bonds is 3. The second kappa shape index (κ2) is 6.63. The van der Waals surface area contributed by atoms with Crippen molar-refractivity contribution in [2.45, 2.75) is 52.3 Å². The van der Waals surface area contributed by atoms with Crippen LogP contribution in [0.5, 0.6) is 0 Å². The van der Waals surface area contributed by atoms with Crippen molar-refractivity contribution in [1.82, 2.24) is 0 Å². The summed E-state index contributed by atoms with van der Waals surface area (Å²) >= 11 is 4.03. The van der Waals surface area contributed by atoms with Crippen molar-refractivity contribution in [3.8, 4) is 0 Å². The van der Waals surface area contributed by atoms with E-state index in [2.05, 4.69) is 80.9 Å². The largest absolute Gasteiger partial charge is 0.260 e. The molecule has 1 aromatic carbocycles. The summed E-state index contributed by atoms with van der Waals surface area (Å²) < 4.78 is 0. The van der Waals surface area contributed by atoms with E-state index in [9.17, 15) is 0 Å². The molecule has 0 saturated carbocycles. The van der Waals surface area contributed by atoms with E-state index in [1.807, 2.05) is 6.20 Å². The van der Waals surface area contributed by atoms with Gasteiger partial charge in [0.2, 0.25) is 0 Å². The molecular weight excluding hydrogens is 358 g/mol. The maximum Gasteiger partial charge on any atom is 0.0544 e. The number of aliphatic imine (C=N–C) groups is 1. The second-order valence-electron chi connectivity index (χ2n) is 7.76. The highest BCUT2D eigenvalue weighted by Crippen LogP contribution is 2.50. The van der Waals surface area contributed by atoms with Crippen LogP contribution in [-0.2, 0) is 0 Å². The summed E-state index contributed by atoms with van der Waals surface area (Å²) in [4.78, 5) is 5.25. The van der Waals surface area contributed by atoms with Crippen LogP contribution in [0.3, 0.4) is 0 Å². The monoisotopic (exact) mass is 385 g/mol. The number of allylic oxidation sites excluding steroid dienone is 3. The number of hydrogen-bond acceptors (Lipinski definition) is 1. The molecule has 1 aliphatic heterocycles. The topological polar surface area (TPSA) is 12.4 Å². The summed E-state index contributed by atoms with van der Waals surface area (Å²) in [6, 6.07) is 6.80. The minimum absolute atomic E-state index is 0.0557. The summed E-state index contributed by atoms with van der Waals surface area (Å²) in [7, 11) is 0. The van der Waals surface area contributed by atoms with E-state index in [0.717, 1.165) is 6.42 Å². The van der Waals surface area contributed by atoms with Crippen LogP contribution in [0.1, 0.15) is 50.3 Å². The average Bonchev–Trinajstić information content (AvgIpc) is 2.53. The van der Waals surface area contributed by atoms with Crippen LogP contribution in [0, 0.1) is 31.1 Å². The van der Waals surface area contributed by atoms with E-state index < -0.39 is 0 Å². The van der Waals surface area contributed by atoms with Crippen LogP contribution < -0.4 is 0 Å². The molecule has 128 valence electrons. The van der Waals surface area contributed by atoms with E-state index in [4.69, 9.17) is 4.99 Å². The van der Waals surface area contributed by atoms with Gasteiger partial charge in [0.05, 0.1) is 5.71 Å². The van der Waals surface area contributed by atoms with Gasteiger partial charge in [-0.1, -0.05) is 83.8 Å². The molecule has 0 radical (unpaired) electrons. The lowest BCUT2D eigenvalue weighted by Crippen LogP contribution is -2.44. The Morgan fingerprint density at radius 1 is 1.25 bits per heavy atom. The fourth-order valence-electron chi connectivity index (χ4n) is 4.26. The third-order valence-electron chi connectivity index (χ3n) is 5.85. The molecule has 0 fully saturated rings. The Bertz CT molecular complexity index is 707. The van der Waals surface area contributed by atoms with E-state index >= 15 is 0 Å². The maximum atomic E-state index is 4.85. The highest BCUT2D eigenvalue weighted by atomic mass is 79.9. The Labute approximate surface area is 155 Å². The smallest absolute Gasteiger partial charge is 0.0544 e. The van der Waals surface area contributed by atoms with Crippen molar-refractivity contribution < 1.29 is 0 Å². The zero-order chi connectivity index (χ0) is 17.5. The van der Waals surface area contributed by atoms with Gasteiger partial charge >= 0.3 is 0 Å². The predicted octanol–water partition coefficient (Wildman–Crippen LogP) is 6.38. The van der Waals surface area contributed by atoms with Crippen molar-refractivity contribution in [3.63, 3.8) is 0 Å². The van der Waals surface area contributed by atoms with Gasteiger partial charge in [0.1, 0.15) is 0 Å². The molecule has 2 aliphatic rings. The fraction of sp³-hybridized carbons (Fsp3) is 0.500. The normalized spacial score (nSPS) is 30.4. The Kier molecular flexibility index (Phi) is 4.88. The van der Waals surface area contributed by atoms with Gasteiger partial charge in [-0.2, -0.15) is 0 Å². The maximum absolute atomic E-state index is 4.85. The van der Waals surface area contributed by atoms with Gasteiger partial charge in [-0.15, -0.1) is 0 Å². The van der Waals surface area contributed by atoms with Gasteiger partial charge in [-0.05, 0) is 38.2 Å². The summed E-state index contributed by atoms with van der Waals surface area (Å²) in [5.74, 6) is 1.09. The Morgan fingerprint density at radius 2 is 1.92 bits per heavy atom. The van der Waals surface area contributed by atoms with Crippen molar-refractivity contribution in [2.75, 3.05) is 0 Å². The van der Waals surface area contributed by atoms with E-state index in [0.29, 0.717) is 16.7 Å². The summed E-state index contributed by atoms with van der Waals surface area (Å²) in [5.41, 5.74) is 6.76. The van der Waals surface area contributed by atoms with Crippen LogP contribution in [0.15, 0.2) is 47.1 Å². The Balaban J connectivity index is 2.04. The molecule has 0 bridgehead atoms. The van der Waals surface area contributed by atoms with Crippen LogP contribution in [0.2, 0.25) is 0 Å². The van der Waals surface area contributed by atoms with E-state index in [1.54, 1.807) is 5.57 Å². The minimum atomic E-state index is 0.0557. The summed E-state index contributed by atoms with van der Waals surface area (Å²) in [6.45, 7) is 11.3. The van der Waals surface area contributed by atoms with Crippen LogP contribution in [0.25, 0.3) is 0 Å². The Hall–Kier alpha value is -1.15. The van der Waals surface area contributed by atoms with Gasteiger partial charge in [0, 0.05) is 22.4 Å². The molecule has 0 saturated heterocycles. The van der Waals surface area contributed by atoms with Gasteiger partial charge in [0.15, 0.2) is 0 Å². The molecule has 1 heterocycles. The molecule has 0 N–H and O–H groups in total. The molecule has 3 rings (SSSR count). The number of aryl methyl sites for hydroxylation is 2. The number of halogens is 1. The van der Waals surface area contributed by atoms with E-state index in [-0.39, 0.29) is 5.41 Å². The second-order valence-corrected chi connectivity index (χ2v) is 8.74. The van der Waals surface area contributed by atoms with Crippen molar-refractivity contribution in [2.24, 2.45) is 22.2 Å². The lowest BCUT2D eigenvalue weighted by atomic mass is 9.62. The lowest BCUT2D eigenvalue weighted by molar-refractivity contribution is 0.317. The number of fused-ring (bicyclic) bond motifs is 1. The van der Waals surface area contributed by atoms with Crippen LogP contribution in [0.4, 0.5) is 0 Å². The van der Waals surface area contributed by atoms with Crippen LogP contribution in [-0.4, -0.2) is 10.5 Å². The fourth-order valence-corrected chi connectivity index (χ4v) is 5.65. The number of hydrogen-bond donors (Lipinski definition) is 0. The zero-order valence-corrected chi connectivity index (χ0v) is 17.0. The van der Waals surface area contributed by atoms with Crippen molar-refractivity contribution in [1.29, 1.82) is 0 Å². The van der Waals surface area contributed by atoms with E-state index in [1.165, 1.54) is 28.8 Å². The molecule has 0 amide bonds. The first-order valence-corrected chi connectivity index (χ1v) is 9.96. The average molecular weight is 386 g/mol. The third kappa shape index (κ3) is 2.94. The standard InChI is InChI=1S/C22H28BrN/c1-6-16(4)18-7-9-22(5)19(20(18)23)8-10-24-21(22)17-12-14(2)11-15(3)13-17/h7-8,10-13,16,19-20H,6,9H2,1-5H3/t16?,19?,20?,22-/m1/s1. The van der Waals surface area contributed by atoms with Gasteiger partial charge in [-0.25, -0.2) is 0 Å². The first-order chi connectivity index (χ1) is 11.4. The lowest BCUT2D eigenvalue weighted by Gasteiger charge is -2.46. The van der Waals surface area contributed by atoms with Gasteiger partial charge in [-0.3, -0.25) is 4.99 Å². The Morgan fingerprint density at radius 3 is 2.54 bits per heavy atom. The highest BCUT2D eigenvalue weighted by Gasteiger charge is 2.46. The molecule has 0 aromatic heterocycles. The first-order valence-electron chi connectivity index (χ1n) is 9.04. The van der Waals surface area contributed by atoms with Gasteiger partial charge < -0.3 is 0 Å². The SMILES string of the molecule is CCC(C)C1=CC[C@@]2(C)C(c3cc(C)cc(C)c3)=NC=CC2C1Br. The predicted molar refractivity (Wildman–Crippen MR) is 108 cm³/mol. The molecule has 1 nitrogen and oxygen atoms in total. The van der Waals surface area contributed by atoms with Crippen LogP contribution >= 0.6 is 15.9 Å². The number of alkyl halides is 1. The molecule has 0 spiro atoms. The summed E-state index contributed by atoms with van der Waals surface area (Å²) in [5, 5.41) is 0. The minimum Gasteiger partial charge on any atom is -0.260 e. The van der Waals surface area contributed by atoms with Crippen molar-refractivity contribution >= 4 is 21.6 Å². The summed E-state index contributed by atoms with van der Waals surface area (Å²) in [6.07, 6.45) is 9.06. The first kappa shape index (κ1) is 17.7. The zero-order valence-electron chi connectivity index (χ0n) is 15.4. The molecule has 1 aliphatic carbocycles. The number of nitrogens with zero attached hydrogens (tertiary/aromatic N) is 1. The molecule has 1 aromatic rings. The number of benzene rings is 1. The molecule has 3 unspecified atom stereocenters. The van der Waals surface area contributed by atoms with Gasteiger partial charge in [0.25, 0.3) is 0 Å². The molecule has 4 atom stereocenters.